The standard InChI is InChI=1S/C11H22P/c1-5-11-7-6-8-12(3,4)9-10(11)2/h6-7,10-11H,5,8-9H2,1-4H3/q+1. The van der Waals surface area contributed by atoms with E-state index in [9.17, 15) is 0 Å². The maximum atomic E-state index is 2.49. The molecule has 70 valence electrons. The first kappa shape index (κ1) is 10.3. The van der Waals surface area contributed by atoms with Crippen molar-refractivity contribution in [2.75, 3.05) is 25.7 Å². The van der Waals surface area contributed by atoms with E-state index in [2.05, 4.69) is 39.3 Å². The van der Waals surface area contributed by atoms with Crippen LogP contribution in [0.1, 0.15) is 20.3 Å². The van der Waals surface area contributed by atoms with Gasteiger partial charge < -0.3 is 0 Å². The summed E-state index contributed by atoms with van der Waals surface area (Å²) < 4.78 is 0. The van der Waals surface area contributed by atoms with E-state index in [0.29, 0.717) is 0 Å². The Kier molecular flexibility index (Phi) is 3.35. The lowest BCUT2D eigenvalue weighted by Crippen LogP contribution is -2.13. The van der Waals surface area contributed by atoms with Crippen LogP contribution in [0.4, 0.5) is 0 Å². The van der Waals surface area contributed by atoms with Crippen molar-refractivity contribution in [3.63, 3.8) is 0 Å². The molecule has 1 aliphatic heterocycles. The van der Waals surface area contributed by atoms with Crippen molar-refractivity contribution in [3.05, 3.63) is 12.2 Å². The van der Waals surface area contributed by atoms with Gasteiger partial charge >= 0.3 is 0 Å². The van der Waals surface area contributed by atoms with Crippen LogP contribution in [0.15, 0.2) is 12.2 Å². The van der Waals surface area contributed by atoms with Gasteiger partial charge in [-0.05, 0) is 18.3 Å². The Balaban J connectivity index is 2.66. The second-order valence-corrected chi connectivity index (χ2v) is 9.38. The van der Waals surface area contributed by atoms with Gasteiger partial charge in [-0.3, -0.25) is 0 Å². The highest BCUT2D eigenvalue weighted by molar-refractivity contribution is 7.74. The van der Waals surface area contributed by atoms with Crippen molar-refractivity contribution < 1.29 is 0 Å². The Morgan fingerprint density at radius 3 is 2.67 bits per heavy atom. The lowest BCUT2D eigenvalue weighted by Gasteiger charge is -2.21. The van der Waals surface area contributed by atoms with E-state index in [1.165, 1.54) is 18.7 Å². The maximum Gasteiger partial charge on any atom is 0.0768 e. The van der Waals surface area contributed by atoms with E-state index < -0.39 is 7.26 Å². The van der Waals surface area contributed by atoms with E-state index in [4.69, 9.17) is 0 Å². The number of hydrogen-bond donors (Lipinski definition) is 0. The smallest absolute Gasteiger partial charge is 0.0768 e. The highest BCUT2D eigenvalue weighted by Crippen LogP contribution is 2.54. The van der Waals surface area contributed by atoms with Gasteiger partial charge in [0.25, 0.3) is 0 Å². The molecule has 0 N–H and O–H groups in total. The van der Waals surface area contributed by atoms with Crippen molar-refractivity contribution in [1.82, 2.24) is 0 Å². The zero-order valence-electron chi connectivity index (χ0n) is 8.88. The summed E-state index contributed by atoms with van der Waals surface area (Å²) in [5, 5.41) is 0. The van der Waals surface area contributed by atoms with Crippen LogP contribution in [0, 0.1) is 11.8 Å². The van der Waals surface area contributed by atoms with Gasteiger partial charge in [-0.2, -0.15) is 0 Å². The van der Waals surface area contributed by atoms with Gasteiger partial charge in [0.15, 0.2) is 0 Å². The summed E-state index contributed by atoms with van der Waals surface area (Å²) in [6.45, 7) is 9.71. The third kappa shape index (κ3) is 2.59. The first-order chi connectivity index (χ1) is 5.55. The second-order valence-electron chi connectivity index (χ2n) is 4.78. The van der Waals surface area contributed by atoms with Crippen molar-refractivity contribution in [2.24, 2.45) is 11.8 Å². The molecule has 0 amide bonds. The molecule has 0 fully saturated rings. The quantitative estimate of drug-likeness (QED) is 0.433. The minimum atomic E-state index is -0.573. The van der Waals surface area contributed by atoms with Crippen LogP contribution >= 0.6 is 7.26 Å². The predicted molar refractivity (Wildman–Crippen MR) is 60.6 cm³/mol. The van der Waals surface area contributed by atoms with Crippen LogP contribution in [-0.4, -0.2) is 25.7 Å². The van der Waals surface area contributed by atoms with E-state index in [1.54, 1.807) is 0 Å². The molecule has 0 aliphatic carbocycles. The van der Waals surface area contributed by atoms with Gasteiger partial charge in [0, 0.05) is 20.6 Å². The van der Waals surface area contributed by atoms with Crippen LogP contribution in [0.25, 0.3) is 0 Å². The molecule has 2 unspecified atom stereocenters. The van der Waals surface area contributed by atoms with Gasteiger partial charge in [0.05, 0.1) is 12.3 Å². The molecule has 1 rings (SSSR count). The average molecular weight is 185 g/mol. The molecular formula is C11H22P+. The zero-order chi connectivity index (χ0) is 9.19. The SMILES string of the molecule is CCC1C=CC[P+](C)(C)CC1C. The summed E-state index contributed by atoms with van der Waals surface area (Å²) in [6, 6.07) is 0. The van der Waals surface area contributed by atoms with Crippen molar-refractivity contribution in [3.8, 4) is 0 Å². The molecule has 12 heavy (non-hydrogen) atoms. The largest absolute Gasteiger partial charge is 0.0815 e. The molecule has 0 radical (unpaired) electrons. The first-order valence-electron chi connectivity index (χ1n) is 5.04. The molecule has 0 saturated carbocycles. The van der Waals surface area contributed by atoms with Crippen molar-refractivity contribution in [2.45, 2.75) is 20.3 Å². The number of hydrogen-bond acceptors (Lipinski definition) is 0. The lowest BCUT2D eigenvalue weighted by molar-refractivity contribution is 0.459. The molecular weight excluding hydrogens is 163 g/mol. The molecule has 1 heterocycles. The zero-order valence-corrected chi connectivity index (χ0v) is 9.77. The Morgan fingerprint density at radius 1 is 1.42 bits per heavy atom. The highest BCUT2D eigenvalue weighted by atomic mass is 31.2. The summed E-state index contributed by atoms with van der Waals surface area (Å²) in [7, 11) is -0.573. The summed E-state index contributed by atoms with van der Waals surface area (Å²) in [4.78, 5) is 0. The maximum absolute atomic E-state index is 2.49. The van der Waals surface area contributed by atoms with Crippen molar-refractivity contribution in [1.29, 1.82) is 0 Å². The summed E-state index contributed by atoms with van der Waals surface area (Å²) in [6.07, 6.45) is 9.06. The van der Waals surface area contributed by atoms with Gasteiger partial charge in [-0.25, -0.2) is 0 Å². The number of rotatable bonds is 1. The molecule has 0 bridgehead atoms. The molecule has 1 aliphatic rings. The third-order valence-electron chi connectivity index (χ3n) is 2.97. The van der Waals surface area contributed by atoms with E-state index in [-0.39, 0.29) is 0 Å². The van der Waals surface area contributed by atoms with Gasteiger partial charge in [-0.15, -0.1) is 0 Å². The fourth-order valence-electron chi connectivity index (χ4n) is 2.24. The molecule has 0 aromatic heterocycles. The average Bonchev–Trinajstić information content (AvgIpc) is 2.07. The Labute approximate surface area is 77.8 Å². The van der Waals surface area contributed by atoms with Crippen LogP contribution in [0.2, 0.25) is 0 Å². The fraction of sp³-hybridized carbons (Fsp3) is 0.818. The molecule has 0 spiro atoms. The normalized spacial score (nSPS) is 34.7. The van der Waals surface area contributed by atoms with Crippen LogP contribution in [0.3, 0.4) is 0 Å². The second kappa shape index (κ2) is 3.92. The molecule has 1 heteroatoms. The van der Waals surface area contributed by atoms with E-state index >= 15 is 0 Å². The number of allylic oxidation sites excluding steroid dienone is 2. The summed E-state index contributed by atoms with van der Waals surface area (Å²) in [5.74, 6) is 1.77. The lowest BCUT2D eigenvalue weighted by atomic mass is 9.93. The van der Waals surface area contributed by atoms with Gasteiger partial charge in [-0.1, -0.05) is 26.0 Å². The Bertz CT molecular complexity index is 170. The Morgan fingerprint density at radius 2 is 2.08 bits per heavy atom. The molecule has 0 nitrogen and oxygen atoms in total. The summed E-state index contributed by atoms with van der Waals surface area (Å²) in [5.41, 5.74) is 0. The van der Waals surface area contributed by atoms with Crippen LogP contribution in [0.5, 0.6) is 0 Å². The molecule has 2 atom stereocenters. The van der Waals surface area contributed by atoms with E-state index in [1.807, 2.05) is 0 Å². The summed E-state index contributed by atoms with van der Waals surface area (Å²) >= 11 is 0. The molecule has 0 saturated heterocycles. The minimum absolute atomic E-state index is 0.573. The topological polar surface area (TPSA) is 0 Å². The monoisotopic (exact) mass is 185 g/mol. The van der Waals surface area contributed by atoms with Gasteiger partial charge in [0.2, 0.25) is 0 Å². The van der Waals surface area contributed by atoms with E-state index in [0.717, 1.165) is 11.8 Å². The van der Waals surface area contributed by atoms with Crippen molar-refractivity contribution >= 4 is 7.26 Å². The molecule has 0 aromatic carbocycles. The minimum Gasteiger partial charge on any atom is -0.0815 e. The molecule has 0 aromatic rings. The highest BCUT2D eigenvalue weighted by Gasteiger charge is 2.31. The first-order valence-corrected chi connectivity index (χ1v) is 8.09. The predicted octanol–water partition coefficient (Wildman–Crippen LogP) is 3.50. The van der Waals surface area contributed by atoms with Crippen LogP contribution < -0.4 is 0 Å². The fourth-order valence-corrected chi connectivity index (χ4v) is 4.91. The van der Waals surface area contributed by atoms with Crippen LogP contribution in [-0.2, 0) is 0 Å². The Hall–Kier alpha value is 0.170. The van der Waals surface area contributed by atoms with Gasteiger partial charge in [0.1, 0.15) is 0 Å². The third-order valence-corrected chi connectivity index (χ3v) is 5.73.